The molecule has 0 unspecified atom stereocenters. The summed E-state index contributed by atoms with van der Waals surface area (Å²) in [5.41, 5.74) is -0.214. The van der Waals surface area contributed by atoms with Crippen LogP contribution in [-0.4, -0.2) is 53.0 Å². The van der Waals surface area contributed by atoms with Crippen molar-refractivity contribution in [2.45, 2.75) is 24.4 Å². The third kappa shape index (κ3) is 3.50. The first-order valence-electron chi connectivity index (χ1n) is 8.09. The van der Waals surface area contributed by atoms with Gasteiger partial charge in [0.15, 0.2) is 15.7 Å². The average molecular weight is 380 g/mol. The van der Waals surface area contributed by atoms with E-state index in [2.05, 4.69) is 5.10 Å². The summed E-state index contributed by atoms with van der Waals surface area (Å²) in [6.45, 7) is 0.927. The van der Waals surface area contributed by atoms with Crippen LogP contribution in [0.2, 0.25) is 0 Å². The van der Waals surface area contributed by atoms with Crippen LogP contribution in [0.1, 0.15) is 12.2 Å². The lowest BCUT2D eigenvalue weighted by atomic mass is 10.3. The van der Waals surface area contributed by atoms with E-state index in [0.29, 0.717) is 24.7 Å². The van der Waals surface area contributed by atoms with Crippen molar-refractivity contribution in [1.82, 2.24) is 19.2 Å². The Labute approximate surface area is 150 Å². The van der Waals surface area contributed by atoms with Crippen molar-refractivity contribution in [3.05, 3.63) is 40.6 Å². The number of carbonyl (C=O) groups excluding carboxylic acids is 1. The van der Waals surface area contributed by atoms with Gasteiger partial charge in [-0.25, -0.2) is 17.9 Å². The minimum atomic E-state index is -3.56. The molecule has 0 radical (unpaired) electrons. The second-order valence-electron chi connectivity index (χ2n) is 6.03. The Balaban J connectivity index is 1.64. The fourth-order valence-electron chi connectivity index (χ4n) is 2.86. The Hall–Kier alpha value is -2.62. The number of amides is 1. The number of aryl methyl sites for hydroxylation is 1. The van der Waals surface area contributed by atoms with Crippen molar-refractivity contribution in [3.63, 3.8) is 0 Å². The highest BCUT2D eigenvalue weighted by Gasteiger charge is 2.25. The number of carbonyl (C=O) groups is 1. The van der Waals surface area contributed by atoms with Gasteiger partial charge in [-0.2, -0.15) is 5.10 Å². The zero-order valence-corrected chi connectivity index (χ0v) is 15.4. The fraction of sp³-hybridized carbons (Fsp3) is 0.438. The second-order valence-corrected chi connectivity index (χ2v) is 8.14. The first-order valence-corrected chi connectivity index (χ1v) is 9.74. The van der Waals surface area contributed by atoms with Gasteiger partial charge in [-0.1, -0.05) is 0 Å². The number of hydrogen-bond acceptors (Lipinski definition) is 6. The van der Waals surface area contributed by atoms with Gasteiger partial charge in [0.1, 0.15) is 5.75 Å². The third-order valence-corrected chi connectivity index (χ3v) is 6.10. The minimum Gasteiger partial charge on any atom is -0.497 e. The van der Waals surface area contributed by atoms with Crippen LogP contribution >= 0.6 is 0 Å². The topological polar surface area (TPSA) is 104 Å². The van der Waals surface area contributed by atoms with E-state index in [9.17, 15) is 18.0 Å². The van der Waals surface area contributed by atoms with Crippen molar-refractivity contribution < 1.29 is 17.9 Å². The Morgan fingerprint density at radius 2 is 1.92 bits per heavy atom. The van der Waals surface area contributed by atoms with E-state index < -0.39 is 9.84 Å². The molecule has 2 aromatic rings. The van der Waals surface area contributed by atoms with Crippen LogP contribution in [0, 0.1) is 0 Å². The molecule has 0 saturated heterocycles. The summed E-state index contributed by atoms with van der Waals surface area (Å²) in [6.07, 6.45) is -0.120. The van der Waals surface area contributed by atoms with Gasteiger partial charge in [-0.05, 0) is 24.3 Å². The van der Waals surface area contributed by atoms with Gasteiger partial charge in [0.05, 0.1) is 24.3 Å². The summed E-state index contributed by atoms with van der Waals surface area (Å²) < 4.78 is 32.6. The number of aromatic nitrogens is 3. The van der Waals surface area contributed by atoms with E-state index >= 15 is 0 Å². The Kier molecular flexibility index (Phi) is 4.86. The SMILES string of the molecule is COc1ccc(S(=O)(=O)CCC(=O)N2CCn3c(nn(C)c3=O)C2)cc1. The molecule has 0 fully saturated rings. The van der Waals surface area contributed by atoms with Gasteiger partial charge >= 0.3 is 5.69 Å². The number of methoxy groups -OCH3 is 1. The van der Waals surface area contributed by atoms with E-state index in [-0.39, 0.29) is 35.2 Å². The van der Waals surface area contributed by atoms with Gasteiger partial charge in [-0.15, -0.1) is 0 Å². The molecule has 0 aliphatic carbocycles. The van der Waals surface area contributed by atoms with E-state index in [1.807, 2.05) is 0 Å². The quantitative estimate of drug-likeness (QED) is 0.711. The molecule has 0 N–H and O–H groups in total. The molecule has 1 aliphatic heterocycles. The Morgan fingerprint density at radius 1 is 1.23 bits per heavy atom. The van der Waals surface area contributed by atoms with Crippen molar-refractivity contribution in [1.29, 1.82) is 0 Å². The van der Waals surface area contributed by atoms with E-state index in [0.717, 1.165) is 0 Å². The van der Waals surface area contributed by atoms with Gasteiger partial charge in [-0.3, -0.25) is 9.36 Å². The first kappa shape index (κ1) is 18.2. The zero-order chi connectivity index (χ0) is 18.9. The fourth-order valence-corrected chi connectivity index (χ4v) is 4.09. The molecular weight excluding hydrogens is 360 g/mol. The molecule has 26 heavy (non-hydrogen) atoms. The minimum absolute atomic E-state index is 0.120. The Bertz CT molecular complexity index is 975. The summed E-state index contributed by atoms with van der Waals surface area (Å²) in [5, 5.41) is 4.10. The Morgan fingerprint density at radius 3 is 2.58 bits per heavy atom. The lowest BCUT2D eigenvalue weighted by Gasteiger charge is -2.26. The molecule has 0 spiro atoms. The first-order chi connectivity index (χ1) is 12.3. The molecule has 3 rings (SSSR count). The highest BCUT2D eigenvalue weighted by molar-refractivity contribution is 7.91. The van der Waals surface area contributed by atoms with E-state index in [1.165, 1.54) is 33.4 Å². The molecule has 1 aromatic carbocycles. The standard InChI is InChI=1S/C16H20N4O5S/c1-18-16(22)20-9-8-19(11-14(20)17-18)15(21)7-10-26(23,24)13-5-3-12(25-2)4-6-13/h3-6H,7-11H2,1-2H3. The number of fused-ring (bicyclic) bond motifs is 1. The van der Waals surface area contributed by atoms with Gasteiger partial charge in [0.25, 0.3) is 0 Å². The van der Waals surface area contributed by atoms with Gasteiger partial charge < -0.3 is 9.64 Å². The second kappa shape index (κ2) is 6.94. The highest BCUT2D eigenvalue weighted by Crippen LogP contribution is 2.18. The summed E-state index contributed by atoms with van der Waals surface area (Å²) in [7, 11) is -0.501. The highest BCUT2D eigenvalue weighted by atomic mass is 32.2. The summed E-state index contributed by atoms with van der Waals surface area (Å²) in [4.78, 5) is 25.9. The monoisotopic (exact) mass is 380 g/mol. The number of nitrogens with zero attached hydrogens (tertiary/aromatic N) is 4. The van der Waals surface area contributed by atoms with E-state index in [4.69, 9.17) is 4.74 Å². The lowest BCUT2D eigenvalue weighted by Crippen LogP contribution is -2.41. The molecule has 0 saturated carbocycles. The van der Waals surface area contributed by atoms with Gasteiger partial charge in [0, 0.05) is 26.6 Å². The molecule has 0 atom stereocenters. The van der Waals surface area contributed by atoms with Crippen LogP contribution in [0.3, 0.4) is 0 Å². The van der Waals surface area contributed by atoms with Crippen LogP contribution in [0.5, 0.6) is 5.75 Å². The zero-order valence-electron chi connectivity index (χ0n) is 14.6. The van der Waals surface area contributed by atoms with Crippen molar-refractivity contribution in [3.8, 4) is 5.75 Å². The van der Waals surface area contributed by atoms with Crippen LogP contribution in [0.25, 0.3) is 0 Å². The number of benzene rings is 1. The molecule has 9 nitrogen and oxygen atoms in total. The third-order valence-electron chi connectivity index (χ3n) is 4.37. The van der Waals surface area contributed by atoms with Crippen molar-refractivity contribution in [2.24, 2.45) is 7.05 Å². The lowest BCUT2D eigenvalue weighted by molar-refractivity contribution is -0.132. The number of ether oxygens (including phenoxy) is 1. The molecular formula is C16H20N4O5S. The predicted molar refractivity (Wildman–Crippen MR) is 92.5 cm³/mol. The number of rotatable bonds is 5. The molecule has 1 aromatic heterocycles. The van der Waals surface area contributed by atoms with E-state index in [1.54, 1.807) is 19.2 Å². The van der Waals surface area contributed by atoms with Crippen LogP contribution in [0.15, 0.2) is 34.0 Å². The number of hydrogen-bond donors (Lipinski definition) is 0. The average Bonchev–Trinajstić information content (AvgIpc) is 2.93. The van der Waals surface area contributed by atoms with Crippen LogP contribution < -0.4 is 10.4 Å². The maximum Gasteiger partial charge on any atom is 0.345 e. The summed E-state index contributed by atoms with van der Waals surface area (Å²) >= 11 is 0. The van der Waals surface area contributed by atoms with Crippen LogP contribution in [-0.2, 0) is 34.8 Å². The normalized spacial score (nSPS) is 14.2. The predicted octanol–water partition coefficient (Wildman–Crippen LogP) is -0.203. The smallest absolute Gasteiger partial charge is 0.345 e. The largest absolute Gasteiger partial charge is 0.497 e. The van der Waals surface area contributed by atoms with Crippen molar-refractivity contribution >= 4 is 15.7 Å². The maximum atomic E-state index is 12.4. The maximum absolute atomic E-state index is 12.4. The molecule has 1 aliphatic rings. The molecule has 1 amide bonds. The summed E-state index contributed by atoms with van der Waals surface area (Å²) in [6, 6.07) is 6.07. The molecule has 2 heterocycles. The van der Waals surface area contributed by atoms with Gasteiger partial charge in [0.2, 0.25) is 5.91 Å². The molecule has 140 valence electrons. The molecule has 0 bridgehead atoms. The number of sulfone groups is 1. The van der Waals surface area contributed by atoms with Crippen LogP contribution in [0.4, 0.5) is 0 Å². The summed E-state index contributed by atoms with van der Waals surface area (Å²) in [5.74, 6) is 0.528. The van der Waals surface area contributed by atoms with Crippen molar-refractivity contribution in [2.75, 3.05) is 19.4 Å². The molecule has 10 heteroatoms.